The molecule has 0 radical (unpaired) electrons. The van der Waals surface area contributed by atoms with Crippen molar-refractivity contribution in [3.05, 3.63) is 79.8 Å². The fourth-order valence-corrected chi connectivity index (χ4v) is 6.13. The highest BCUT2D eigenvalue weighted by molar-refractivity contribution is 5.75. The standard InChI is InChI=1S/C28H29N3O8/c1-36-22-6-16(7-23-28(22)38-14-37-23)19(9-24(29)33)27-26(35)21(32)8-18(39-27)13-30-10-15-5-17(12-30)20-3-2-4-25(34)31(20)11-15/h2-4,6-8,15,17,19,35H,5,9-14H2,1H3,(H2,29,33)/t15-,17+,19-/m1/s1. The van der Waals surface area contributed by atoms with E-state index in [-0.39, 0.29) is 30.5 Å². The molecular weight excluding hydrogens is 506 g/mol. The van der Waals surface area contributed by atoms with E-state index in [9.17, 15) is 19.5 Å². The van der Waals surface area contributed by atoms with E-state index in [1.54, 1.807) is 24.3 Å². The number of pyridine rings is 1. The van der Waals surface area contributed by atoms with Crippen LogP contribution < -0.4 is 30.9 Å². The third-order valence-corrected chi connectivity index (χ3v) is 7.74. The third kappa shape index (κ3) is 4.63. The number of nitrogens with zero attached hydrogens (tertiary/aromatic N) is 2. The first-order valence-corrected chi connectivity index (χ1v) is 12.8. The molecule has 5 heterocycles. The van der Waals surface area contributed by atoms with E-state index >= 15 is 0 Å². The Morgan fingerprint density at radius 2 is 2.03 bits per heavy atom. The predicted molar refractivity (Wildman–Crippen MR) is 138 cm³/mol. The molecule has 11 nitrogen and oxygen atoms in total. The quantitative estimate of drug-likeness (QED) is 0.463. The number of benzene rings is 1. The third-order valence-electron chi connectivity index (χ3n) is 7.74. The highest BCUT2D eigenvalue weighted by Crippen LogP contribution is 2.45. The summed E-state index contributed by atoms with van der Waals surface area (Å²) in [6.45, 7) is 2.44. The van der Waals surface area contributed by atoms with E-state index in [4.69, 9.17) is 24.4 Å². The maximum Gasteiger partial charge on any atom is 0.250 e. The molecule has 3 aromatic rings. The molecule has 3 aliphatic heterocycles. The Balaban J connectivity index is 1.33. The molecule has 1 saturated heterocycles. The molecule has 6 rings (SSSR count). The summed E-state index contributed by atoms with van der Waals surface area (Å²) in [6.07, 6.45) is 0.777. The van der Waals surface area contributed by atoms with Crippen molar-refractivity contribution >= 4 is 5.91 Å². The molecule has 0 saturated carbocycles. The van der Waals surface area contributed by atoms with Crippen LogP contribution in [0, 0.1) is 5.92 Å². The van der Waals surface area contributed by atoms with Gasteiger partial charge in [0, 0.05) is 49.8 Å². The Morgan fingerprint density at radius 1 is 1.18 bits per heavy atom. The van der Waals surface area contributed by atoms with Crippen molar-refractivity contribution in [2.75, 3.05) is 27.0 Å². The zero-order valence-corrected chi connectivity index (χ0v) is 21.4. The van der Waals surface area contributed by atoms with Gasteiger partial charge in [-0.1, -0.05) is 6.07 Å². The van der Waals surface area contributed by atoms with Gasteiger partial charge in [-0.25, -0.2) is 0 Å². The highest BCUT2D eigenvalue weighted by Gasteiger charge is 2.35. The molecule has 3 aliphatic rings. The van der Waals surface area contributed by atoms with E-state index in [1.807, 2.05) is 10.6 Å². The molecule has 1 fully saturated rings. The number of hydrogen-bond donors (Lipinski definition) is 2. The SMILES string of the molecule is COc1cc([C@@H](CC(N)=O)c2oc(CN3C[C@H]4C[C@@H](C3)c3cccc(=O)n3C4)cc(=O)c2O)cc2c1OCO2. The molecule has 2 bridgehead atoms. The van der Waals surface area contributed by atoms with Gasteiger partial charge >= 0.3 is 0 Å². The number of hydrogen-bond acceptors (Lipinski definition) is 9. The number of rotatable bonds is 7. The van der Waals surface area contributed by atoms with Gasteiger partial charge in [0.15, 0.2) is 17.3 Å². The number of carbonyl (C=O) groups excluding carboxylic acids is 1. The van der Waals surface area contributed by atoms with E-state index in [0.717, 1.165) is 18.7 Å². The second kappa shape index (κ2) is 9.81. The molecule has 1 aromatic carbocycles. The van der Waals surface area contributed by atoms with Crippen LogP contribution in [0.2, 0.25) is 0 Å². The van der Waals surface area contributed by atoms with Crippen LogP contribution in [0.15, 0.2) is 50.4 Å². The fourth-order valence-electron chi connectivity index (χ4n) is 6.13. The summed E-state index contributed by atoms with van der Waals surface area (Å²) in [5.41, 5.74) is 6.52. The number of ether oxygens (including phenoxy) is 3. The zero-order chi connectivity index (χ0) is 27.3. The summed E-state index contributed by atoms with van der Waals surface area (Å²) in [6, 6.07) is 9.98. The number of piperidine rings is 1. The van der Waals surface area contributed by atoms with Gasteiger partial charge in [-0.3, -0.25) is 19.3 Å². The Kier molecular flexibility index (Phi) is 6.30. The van der Waals surface area contributed by atoms with Gasteiger partial charge < -0.3 is 34.0 Å². The van der Waals surface area contributed by atoms with Crippen LogP contribution in [0.25, 0.3) is 0 Å². The van der Waals surface area contributed by atoms with Gasteiger partial charge in [0.05, 0.1) is 19.6 Å². The van der Waals surface area contributed by atoms with Crippen LogP contribution in [-0.2, 0) is 17.9 Å². The lowest BCUT2D eigenvalue weighted by Gasteiger charge is -2.42. The van der Waals surface area contributed by atoms with Crippen molar-refractivity contribution in [2.45, 2.75) is 37.8 Å². The lowest BCUT2D eigenvalue weighted by molar-refractivity contribution is -0.118. The number of carbonyl (C=O) groups is 1. The smallest absolute Gasteiger partial charge is 0.250 e. The number of nitrogens with two attached hydrogens (primary N) is 1. The minimum Gasteiger partial charge on any atom is -0.502 e. The van der Waals surface area contributed by atoms with Gasteiger partial charge in [-0.15, -0.1) is 0 Å². The minimum absolute atomic E-state index is 0.0163. The monoisotopic (exact) mass is 535 g/mol. The van der Waals surface area contributed by atoms with E-state index in [2.05, 4.69) is 4.90 Å². The first-order valence-electron chi connectivity index (χ1n) is 12.8. The number of methoxy groups -OCH3 is 1. The fraction of sp³-hybridized carbons (Fsp3) is 0.393. The maximum atomic E-state index is 12.9. The Morgan fingerprint density at radius 3 is 2.82 bits per heavy atom. The van der Waals surface area contributed by atoms with Crippen LogP contribution in [0.4, 0.5) is 0 Å². The second-order valence-electron chi connectivity index (χ2n) is 10.4. The predicted octanol–water partition coefficient (Wildman–Crippen LogP) is 1.87. The molecule has 2 aromatic heterocycles. The number of fused-ring (bicyclic) bond motifs is 5. The van der Waals surface area contributed by atoms with Crippen LogP contribution in [0.5, 0.6) is 23.0 Å². The molecule has 204 valence electrons. The summed E-state index contributed by atoms with van der Waals surface area (Å²) in [7, 11) is 1.48. The molecule has 11 heteroatoms. The lowest BCUT2D eigenvalue weighted by atomic mass is 9.83. The summed E-state index contributed by atoms with van der Waals surface area (Å²) < 4.78 is 24.4. The summed E-state index contributed by atoms with van der Waals surface area (Å²) in [5.74, 6) is -0.0559. The summed E-state index contributed by atoms with van der Waals surface area (Å²) in [5, 5.41) is 10.8. The van der Waals surface area contributed by atoms with Gasteiger partial charge in [0.1, 0.15) is 5.76 Å². The van der Waals surface area contributed by atoms with Crippen molar-refractivity contribution in [1.82, 2.24) is 9.47 Å². The maximum absolute atomic E-state index is 12.9. The molecule has 0 aliphatic carbocycles. The molecule has 1 amide bonds. The molecular formula is C28H29N3O8. The second-order valence-corrected chi connectivity index (χ2v) is 10.4. The lowest BCUT2D eigenvalue weighted by Crippen LogP contribution is -2.46. The van der Waals surface area contributed by atoms with Crippen LogP contribution >= 0.6 is 0 Å². The molecule has 39 heavy (non-hydrogen) atoms. The number of amides is 1. The molecule has 3 N–H and O–H groups in total. The average molecular weight is 536 g/mol. The number of aromatic nitrogens is 1. The van der Waals surface area contributed by atoms with Gasteiger partial charge in [-0.05, 0) is 36.1 Å². The van der Waals surface area contributed by atoms with Crippen molar-refractivity contribution in [3.63, 3.8) is 0 Å². The van der Waals surface area contributed by atoms with Crippen molar-refractivity contribution < 1.29 is 28.5 Å². The summed E-state index contributed by atoms with van der Waals surface area (Å²) in [4.78, 5) is 39.5. The van der Waals surface area contributed by atoms with E-state index in [0.29, 0.717) is 54.1 Å². The largest absolute Gasteiger partial charge is 0.502 e. The van der Waals surface area contributed by atoms with E-state index in [1.165, 1.54) is 13.2 Å². The average Bonchev–Trinajstić information content (AvgIpc) is 3.38. The zero-order valence-electron chi connectivity index (χ0n) is 21.4. The van der Waals surface area contributed by atoms with Gasteiger partial charge in [0.2, 0.25) is 29.6 Å². The first-order chi connectivity index (χ1) is 18.8. The van der Waals surface area contributed by atoms with Crippen molar-refractivity contribution in [2.24, 2.45) is 11.7 Å². The minimum atomic E-state index is -0.863. The van der Waals surface area contributed by atoms with Crippen LogP contribution in [-0.4, -0.2) is 47.5 Å². The molecule has 3 atom stereocenters. The van der Waals surface area contributed by atoms with E-state index < -0.39 is 23.0 Å². The summed E-state index contributed by atoms with van der Waals surface area (Å²) >= 11 is 0. The topological polar surface area (TPSA) is 146 Å². The normalized spacial score (nSPS) is 20.3. The van der Waals surface area contributed by atoms with Crippen molar-refractivity contribution in [1.29, 1.82) is 0 Å². The highest BCUT2D eigenvalue weighted by atomic mass is 16.7. The first kappa shape index (κ1) is 25.1. The molecule has 0 unspecified atom stereocenters. The Hall–Kier alpha value is -4.25. The molecule has 0 spiro atoms. The number of aromatic hydroxyl groups is 1. The Bertz CT molecular complexity index is 1560. The van der Waals surface area contributed by atoms with Crippen LogP contribution in [0.3, 0.4) is 0 Å². The van der Waals surface area contributed by atoms with Gasteiger partial charge in [-0.2, -0.15) is 0 Å². The number of likely N-dealkylation sites (tertiary alicyclic amines) is 1. The number of primary amides is 1. The van der Waals surface area contributed by atoms with Crippen molar-refractivity contribution in [3.8, 4) is 23.0 Å². The Labute approximate surface area is 223 Å². The van der Waals surface area contributed by atoms with Gasteiger partial charge in [0.25, 0.3) is 5.56 Å². The van der Waals surface area contributed by atoms with Crippen LogP contribution in [0.1, 0.15) is 47.5 Å².